The minimum absolute atomic E-state index is 0.135. The smallest absolute Gasteiger partial charge is 0.262 e. The van der Waals surface area contributed by atoms with Gasteiger partial charge in [0, 0.05) is 26.1 Å². The normalized spacial score (nSPS) is 12.9. The number of fused-ring (bicyclic) bond motifs is 1. The van der Waals surface area contributed by atoms with Gasteiger partial charge in [0.05, 0.1) is 22.7 Å². The lowest BCUT2D eigenvalue weighted by molar-refractivity contribution is -0.121. The maximum absolute atomic E-state index is 12.6. The highest BCUT2D eigenvalue weighted by Crippen LogP contribution is 2.19. The van der Waals surface area contributed by atoms with Gasteiger partial charge in [-0.3, -0.25) is 14.2 Å². The van der Waals surface area contributed by atoms with Crippen LogP contribution >= 0.6 is 11.3 Å². The first-order chi connectivity index (χ1) is 14.8. The highest BCUT2D eigenvalue weighted by Gasteiger charge is 2.21. The third-order valence-corrected chi connectivity index (χ3v) is 8.02. The largest absolute Gasteiger partial charge is 0.350 e. The van der Waals surface area contributed by atoms with E-state index in [9.17, 15) is 18.0 Å². The number of nitrogens with one attached hydrogen (secondary N) is 1. The zero-order chi connectivity index (χ0) is 22.6. The minimum atomic E-state index is -3.51. The summed E-state index contributed by atoms with van der Waals surface area (Å²) in [5, 5.41) is 5.26. The van der Waals surface area contributed by atoms with Crippen LogP contribution in [0.4, 0.5) is 0 Å². The van der Waals surface area contributed by atoms with Crippen molar-refractivity contribution in [3.8, 4) is 0 Å². The van der Waals surface area contributed by atoms with Crippen molar-refractivity contribution in [2.24, 2.45) is 0 Å². The van der Waals surface area contributed by atoms with Gasteiger partial charge in [-0.25, -0.2) is 13.4 Å². The van der Waals surface area contributed by atoms with Crippen molar-refractivity contribution in [3.05, 3.63) is 58.0 Å². The molecule has 0 aliphatic rings. The number of carbonyl (C=O) groups is 1. The number of hydrogen-bond donors (Lipinski definition) is 1. The van der Waals surface area contributed by atoms with Crippen LogP contribution < -0.4 is 10.9 Å². The van der Waals surface area contributed by atoms with E-state index >= 15 is 0 Å². The second-order valence-electron chi connectivity index (χ2n) is 7.08. The van der Waals surface area contributed by atoms with Crippen LogP contribution in [-0.4, -0.2) is 41.3 Å². The van der Waals surface area contributed by atoms with Crippen LogP contribution in [0.15, 0.2) is 51.7 Å². The van der Waals surface area contributed by atoms with Crippen molar-refractivity contribution in [3.63, 3.8) is 0 Å². The summed E-state index contributed by atoms with van der Waals surface area (Å²) in [6.07, 6.45) is 1.60. The Morgan fingerprint density at radius 1 is 1.19 bits per heavy atom. The zero-order valence-electron chi connectivity index (χ0n) is 17.7. The molecule has 166 valence electrons. The second-order valence-corrected chi connectivity index (χ2v) is 9.91. The average molecular weight is 463 g/mol. The van der Waals surface area contributed by atoms with Gasteiger partial charge in [-0.1, -0.05) is 26.0 Å². The molecule has 0 bridgehead atoms. The van der Waals surface area contributed by atoms with E-state index in [0.717, 1.165) is 5.56 Å². The van der Waals surface area contributed by atoms with E-state index in [1.165, 1.54) is 26.5 Å². The summed E-state index contributed by atoms with van der Waals surface area (Å²) in [5.74, 6) is -0.204. The van der Waals surface area contributed by atoms with Gasteiger partial charge in [0.15, 0.2) is 0 Å². The Morgan fingerprint density at radius 2 is 1.87 bits per heavy atom. The average Bonchev–Trinajstić information content (AvgIpc) is 3.24. The number of amides is 1. The fourth-order valence-corrected chi connectivity index (χ4v) is 5.49. The van der Waals surface area contributed by atoms with Gasteiger partial charge in [-0.2, -0.15) is 4.31 Å². The first-order valence-electron chi connectivity index (χ1n) is 10.1. The predicted octanol–water partition coefficient (Wildman–Crippen LogP) is 2.76. The molecule has 0 saturated carbocycles. The molecule has 0 saturated heterocycles. The minimum Gasteiger partial charge on any atom is -0.350 e. The third kappa shape index (κ3) is 5.03. The van der Waals surface area contributed by atoms with Crippen molar-refractivity contribution in [2.45, 2.75) is 44.7 Å². The van der Waals surface area contributed by atoms with Gasteiger partial charge >= 0.3 is 0 Å². The highest BCUT2D eigenvalue weighted by molar-refractivity contribution is 7.89. The number of carbonyl (C=O) groups excluding carboxylic acids is 1. The van der Waals surface area contributed by atoms with E-state index in [1.807, 2.05) is 12.3 Å². The topological polar surface area (TPSA) is 101 Å². The molecule has 3 rings (SSSR count). The highest BCUT2D eigenvalue weighted by atomic mass is 32.2. The second kappa shape index (κ2) is 9.71. The van der Waals surface area contributed by atoms with E-state index in [-0.39, 0.29) is 35.4 Å². The van der Waals surface area contributed by atoms with Crippen LogP contribution in [-0.2, 0) is 21.4 Å². The number of aryl methyl sites for hydroxylation is 1. The van der Waals surface area contributed by atoms with Crippen LogP contribution in [0.2, 0.25) is 0 Å². The molecule has 1 aromatic carbocycles. The van der Waals surface area contributed by atoms with Gasteiger partial charge < -0.3 is 5.32 Å². The maximum Gasteiger partial charge on any atom is 0.262 e. The Balaban J connectivity index is 1.61. The van der Waals surface area contributed by atoms with E-state index in [1.54, 1.807) is 44.2 Å². The van der Waals surface area contributed by atoms with Gasteiger partial charge in [0.25, 0.3) is 5.56 Å². The van der Waals surface area contributed by atoms with Crippen LogP contribution in [0.1, 0.15) is 38.8 Å². The first-order valence-corrected chi connectivity index (χ1v) is 12.4. The Hall–Kier alpha value is -2.56. The van der Waals surface area contributed by atoms with Crippen molar-refractivity contribution < 1.29 is 13.2 Å². The molecule has 31 heavy (non-hydrogen) atoms. The Morgan fingerprint density at radius 3 is 2.52 bits per heavy atom. The van der Waals surface area contributed by atoms with Crippen molar-refractivity contribution in [2.75, 3.05) is 13.1 Å². The van der Waals surface area contributed by atoms with E-state index < -0.39 is 10.0 Å². The monoisotopic (exact) mass is 462 g/mol. The number of rotatable bonds is 9. The number of thiophene rings is 1. The fraction of sp³-hybridized carbons (Fsp3) is 0.381. The molecule has 1 unspecified atom stereocenters. The summed E-state index contributed by atoms with van der Waals surface area (Å²) in [7, 11) is -3.51. The molecule has 0 aliphatic carbocycles. The van der Waals surface area contributed by atoms with Crippen molar-refractivity contribution >= 4 is 37.5 Å². The number of sulfonamides is 1. The number of nitrogens with zero attached hydrogens (tertiary/aromatic N) is 3. The van der Waals surface area contributed by atoms with E-state index in [4.69, 9.17) is 0 Å². The lowest BCUT2D eigenvalue weighted by Crippen LogP contribution is -2.31. The van der Waals surface area contributed by atoms with Gasteiger partial charge in [-0.15, -0.1) is 11.3 Å². The molecule has 10 heteroatoms. The van der Waals surface area contributed by atoms with Crippen LogP contribution in [0.5, 0.6) is 0 Å². The molecule has 0 radical (unpaired) electrons. The van der Waals surface area contributed by atoms with Crippen LogP contribution in [0.25, 0.3) is 10.2 Å². The maximum atomic E-state index is 12.6. The third-order valence-electron chi connectivity index (χ3n) is 5.13. The summed E-state index contributed by atoms with van der Waals surface area (Å²) in [4.78, 5) is 29.9. The molecule has 1 atom stereocenters. The fourth-order valence-electron chi connectivity index (χ4n) is 3.31. The summed E-state index contributed by atoms with van der Waals surface area (Å²) in [5.41, 5.74) is 0.641. The molecule has 2 aromatic heterocycles. The van der Waals surface area contributed by atoms with Gasteiger partial charge in [0.2, 0.25) is 15.9 Å². The summed E-state index contributed by atoms with van der Waals surface area (Å²) in [6, 6.07) is 7.98. The zero-order valence-corrected chi connectivity index (χ0v) is 19.4. The summed E-state index contributed by atoms with van der Waals surface area (Å²) < 4.78 is 28.0. The van der Waals surface area contributed by atoms with Gasteiger partial charge in [0.1, 0.15) is 4.83 Å². The lowest BCUT2D eigenvalue weighted by Gasteiger charge is -2.19. The first kappa shape index (κ1) is 23.1. The van der Waals surface area contributed by atoms with Crippen molar-refractivity contribution in [1.82, 2.24) is 19.2 Å². The number of aromatic nitrogens is 2. The predicted molar refractivity (Wildman–Crippen MR) is 122 cm³/mol. The SMILES string of the molecule is CCN(CC)S(=O)(=O)c1ccc(C(C)NC(=O)CCn2cnc3sccc3c2=O)cc1. The molecule has 0 fully saturated rings. The molecular formula is C21H26N4O4S2. The summed E-state index contributed by atoms with van der Waals surface area (Å²) >= 11 is 1.40. The van der Waals surface area contributed by atoms with Crippen LogP contribution in [0.3, 0.4) is 0 Å². The molecule has 2 heterocycles. The van der Waals surface area contributed by atoms with E-state index in [2.05, 4.69) is 10.3 Å². The standard InChI is InChI=1S/C21H26N4O4S2/c1-4-25(5-2)31(28,29)17-8-6-16(7-9-17)15(3)23-19(26)10-12-24-14-22-20-18(21(24)27)11-13-30-20/h6-9,11,13-15H,4-5,10,12H2,1-3H3,(H,23,26). The molecule has 1 N–H and O–H groups in total. The Bertz CT molecular complexity index is 1210. The van der Waals surface area contributed by atoms with Crippen LogP contribution in [0, 0.1) is 0 Å². The van der Waals surface area contributed by atoms with Crippen molar-refractivity contribution in [1.29, 1.82) is 0 Å². The molecule has 3 aromatic rings. The molecule has 0 aliphatic heterocycles. The molecule has 0 spiro atoms. The molecular weight excluding hydrogens is 436 g/mol. The number of hydrogen-bond acceptors (Lipinski definition) is 6. The Kier molecular flexibility index (Phi) is 7.24. The number of benzene rings is 1. The van der Waals surface area contributed by atoms with Gasteiger partial charge in [-0.05, 0) is 36.1 Å². The Labute approximate surface area is 185 Å². The quantitative estimate of drug-likeness (QED) is 0.527. The summed E-state index contributed by atoms with van der Waals surface area (Å²) in [6.45, 7) is 6.48. The lowest BCUT2D eigenvalue weighted by atomic mass is 10.1. The van der Waals surface area contributed by atoms with E-state index in [0.29, 0.717) is 23.3 Å². The molecule has 8 nitrogen and oxygen atoms in total. The molecule has 1 amide bonds.